The van der Waals surface area contributed by atoms with Crippen LogP contribution in [-0.4, -0.2) is 21.5 Å². The minimum absolute atomic E-state index is 0.134. The second kappa shape index (κ2) is 6.04. The lowest BCUT2D eigenvalue weighted by atomic mass is 10.1. The number of nitrogens with one attached hydrogen (secondary N) is 2. The van der Waals surface area contributed by atoms with Gasteiger partial charge in [0.25, 0.3) is 0 Å². The Balaban J connectivity index is 1.56. The molecule has 3 aromatic rings. The van der Waals surface area contributed by atoms with Gasteiger partial charge in [0, 0.05) is 29.4 Å². The Morgan fingerprint density at radius 2 is 2.09 bits per heavy atom. The number of hydrogen-bond acceptors (Lipinski definition) is 3. The van der Waals surface area contributed by atoms with Gasteiger partial charge in [0.15, 0.2) is 4.96 Å². The normalized spacial score (nSPS) is 15.1. The van der Waals surface area contributed by atoms with Crippen LogP contribution in [0.2, 0.25) is 0 Å². The van der Waals surface area contributed by atoms with Crippen molar-refractivity contribution >= 4 is 28.0 Å². The molecule has 1 aliphatic rings. The summed E-state index contributed by atoms with van der Waals surface area (Å²) in [4.78, 5) is 17.8. The van der Waals surface area contributed by atoms with Crippen LogP contribution >= 0.6 is 11.3 Å². The van der Waals surface area contributed by atoms with Gasteiger partial charge < -0.3 is 10.6 Å². The van der Waals surface area contributed by atoms with Crippen molar-refractivity contribution in [2.45, 2.75) is 31.7 Å². The van der Waals surface area contributed by atoms with Gasteiger partial charge >= 0.3 is 6.03 Å². The SMILES string of the molecule is O=C(Nc1ccccc1-c1cn2ccsc2n1)NC1CCCC1. The van der Waals surface area contributed by atoms with Crippen LogP contribution in [0.4, 0.5) is 10.5 Å². The lowest BCUT2D eigenvalue weighted by Crippen LogP contribution is -2.36. The van der Waals surface area contributed by atoms with Crippen molar-refractivity contribution in [2.75, 3.05) is 5.32 Å². The third kappa shape index (κ3) is 2.94. The Bertz CT molecular complexity index is 803. The van der Waals surface area contributed by atoms with E-state index in [2.05, 4.69) is 15.6 Å². The lowest BCUT2D eigenvalue weighted by Gasteiger charge is -2.14. The Morgan fingerprint density at radius 3 is 2.91 bits per heavy atom. The fraction of sp³-hybridized carbons (Fsp3) is 0.294. The Kier molecular flexibility index (Phi) is 3.75. The largest absolute Gasteiger partial charge is 0.335 e. The molecule has 23 heavy (non-hydrogen) atoms. The van der Waals surface area contributed by atoms with E-state index in [9.17, 15) is 4.79 Å². The third-order valence-electron chi connectivity index (χ3n) is 4.23. The average molecular weight is 326 g/mol. The fourth-order valence-corrected chi connectivity index (χ4v) is 3.79. The fourth-order valence-electron chi connectivity index (χ4n) is 3.09. The molecule has 0 spiro atoms. The summed E-state index contributed by atoms with van der Waals surface area (Å²) in [6.07, 6.45) is 8.53. The number of amides is 2. The number of aromatic nitrogens is 2. The molecule has 4 rings (SSSR count). The highest BCUT2D eigenvalue weighted by Crippen LogP contribution is 2.28. The van der Waals surface area contributed by atoms with E-state index >= 15 is 0 Å². The number of nitrogens with zero attached hydrogens (tertiary/aromatic N) is 2. The van der Waals surface area contributed by atoms with Gasteiger partial charge in [0.2, 0.25) is 0 Å². The van der Waals surface area contributed by atoms with Crippen molar-refractivity contribution in [2.24, 2.45) is 0 Å². The second-order valence-electron chi connectivity index (χ2n) is 5.84. The monoisotopic (exact) mass is 326 g/mol. The first-order valence-corrected chi connectivity index (χ1v) is 8.77. The summed E-state index contributed by atoms with van der Waals surface area (Å²) in [6, 6.07) is 7.95. The molecule has 1 fully saturated rings. The predicted molar refractivity (Wildman–Crippen MR) is 92.9 cm³/mol. The molecule has 2 heterocycles. The third-order valence-corrected chi connectivity index (χ3v) is 5.01. The predicted octanol–water partition coefficient (Wildman–Crippen LogP) is 4.13. The van der Waals surface area contributed by atoms with Gasteiger partial charge in [-0.3, -0.25) is 4.40 Å². The highest BCUT2D eigenvalue weighted by Gasteiger charge is 2.18. The van der Waals surface area contributed by atoms with E-state index < -0.39 is 0 Å². The number of fused-ring (bicyclic) bond motifs is 1. The van der Waals surface area contributed by atoms with Gasteiger partial charge in [-0.2, -0.15) is 0 Å². The first kappa shape index (κ1) is 14.3. The van der Waals surface area contributed by atoms with Crippen molar-refractivity contribution < 1.29 is 4.79 Å². The minimum Gasteiger partial charge on any atom is -0.335 e. The van der Waals surface area contributed by atoms with E-state index in [1.165, 1.54) is 12.8 Å². The van der Waals surface area contributed by atoms with Gasteiger partial charge in [-0.15, -0.1) is 11.3 Å². The maximum atomic E-state index is 12.2. The molecular formula is C17H18N4OS. The maximum absolute atomic E-state index is 12.2. The quantitative estimate of drug-likeness (QED) is 0.760. The number of carbonyl (C=O) groups excluding carboxylic acids is 1. The average Bonchev–Trinajstić information content (AvgIpc) is 3.24. The number of anilines is 1. The van der Waals surface area contributed by atoms with Crippen molar-refractivity contribution in [1.29, 1.82) is 0 Å². The van der Waals surface area contributed by atoms with Crippen molar-refractivity contribution in [3.63, 3.8) is 0 Å². The zero-order chi connectivity index (χ0) is 15.6. The number of benzene rings is 1. The molecule has 1 aromatic carbocycles. The zero-order valence-electron chi connectivity index (χ0n) is 12.7. The molecule has 0 aliphatic heterocycles. The second-order valence-corrected chi connectivity index (χ2v) is 6.72. The number of imidazole rings is 1. The van der Waals surface area contributed by atoms with E-state index in [0.29, 0.717) is 6.04 Å². The highest BCUT2D eigenvalue weighted by molar-refractivity contribution is 7.15. The van der Waals surface area contributed by atoms with Crippen molar-refractivity contribution in [3.8, 4) is 11.3 Å². The highest BCUT2D eigenvalue weighted by atomic mass is 32.1. The molecule has 0 atom stereocenters. The lowest BCUT2D eigenvalue weighted by molar-refractivity contribution is 0.248. The first-order chi connectivity index (χ1) is 11.3. The van der Waals surface area contributed by atoms with Gasteiger partial charge in [-0.05, 0) is 18.9 Å². The summed E-state index contributed by atoms with van der Waals surface area (Å²) < 4.78 is 2.00. The van der Waals surface area contributed by atoms with Gasteiger partial charge in [-0.1, -0.05) is 31.0 Å². The summed E-state index contributed by atoms with van der Waals surface area (Å²) in [6.45, 7) is 0. The van der Waals surface area contributed by atoms with Crippen LogP contribution in [0.25, 0.3) is 16.2 Å². The van der Waals surface area contributed by atoms with Crippen LogP contribution in [0, 0.1) is 0 Å². The Hall–Kier alpha value is -2.34. The van der Waals surface area contributed by atoms with E-state index in [1.807, 2.05) is 46.4 Å². The Morgan fingerprint density at radius 1 is 1.26 bits per heavy atom. The Labute approximate surface area is 138 Å². The van der Waals surface area contributed by atoms with Gasteiger partial charge in [-0.25, -0.2) is 9.78 Å². The standard InChI is InChI=1S/C17H18N4OS/c22-16(18-12-5-1-2-6-12)19-14-8-4-3-7-13(14)15-11-21-9-10-23-17(21)20-15/h3-4,7-12H,1-2,5-6H2,(H2,18,19,22). The van der Waals surface area contributed by atoms with Crippen LogP contribution in [0.15, 0.2) is 42.0 Å². The van der Waals surface area contributed by atoms with E-state index in [1.54, 1.807) is 11.3 Å². The summed E-state index contributed by atoms with van der Waals surface area (Å²) in [5.74, 6) is 0. The molecule has 1 saturated carbocycles. The summed E-state index contributed by atoms with van der Waals surface area (Å²) in [7, 11) is 0. The molecular weight excluding hydrogens is 308 g/mol. The molecule has 6 heteroatoms. The number of hydrogen-bond donors (Lipinski definition) is 2. The number of urea groups is 1. The van der Waals surface area contributed by atoms with Crippen LogP contribution in [0.1, 0.15) is 25.7 Å². The van der Waals surface area contributed by atoms with Gasteiger partial charge in [0.05, 0.1) is 11.4 Å². The molecule has 0 radical (unpaired) electrons. The molecule has 2 N–H and O–H groups in total. The van der Waals surface area contributed by atoms with Crippen LogP contribution in [-0.2, 0) is 0 Å². The molecule has 2 amide bonds. The molecule has 1 aliphatic carbocycles. The van der Waals surface area contributed by atoms with Crippen LogP contribution < -0.4 is 10.6 Å². The number of rotatable bonds is 3. The first-order valence-electron chi connectivity index (χ1n) is 7.89. The number of para-hydroxylation sites is 1. The zero-order valence-corrected chi connectivity index (χ0v) is 13.5. The minimum atomic E-state index is -0.134. The van der Waals surface area contributed by atoms with Crippen molar-refractivity contribution in [3.05, 3.63) is 42.0 Å². The van der Waals surface area contributed by atoms with Crippen LogP contribution in [0.3, 0.4) is 0 Å². The molecule has 118 valence electrons. The summed E-state index contributed by atoms with van der Waals surface area (Å²) >= 11 is 1.60. The van der Waals surface area contributed by atoms with E-state index in [0.717, 1.165) is 34.7 Å². The molecule has 2 aromatic heterocycles. The summed E-state index contributed by atoms with van der Waals surface area (Å²) in [5, 5.41) is 8.04. The summed E-state index contributed by atoms with van der Waals surface area (Å²) in [5.41, 5.74) is 2.59. The van der Waals surface area contributed by atoms with Crippen LogP contribution in [0.5, 0.6) is 0 Å². The van der Waals surface area contributed by atoms with E-state index in [-0.39, 0.29) is 6.03 Å². The molecule has 0 saturated heterocycles. The molecule has 0 bridgehead atoms. The van der Waals surface area contributed by atoms with E-state index in [4.69, 9.17) is 0 Å². The number of thiazole rings is 1. The van der Waals surface area contributed by atoms with Gasteiger partial charge in [0.1, 0.15) is 0 Å². The number of carbonyl (C=O) groups is 1. The maximum Gasteiger partial charge on any atom is 0.319 e. The van der Waals surface area contributed by atoms with Crippen molar-refractivity contribution in [1.82, 2.24) is 14.7 Å². The smallest absolute Gasteiger partial charge is 0.319 e. The molecule has 0 unspecified atom stereocenters. The molecule has 5 nitrogen and oxygen atoms in total. The topological polar surface area (TPSA) is 58.4 Å².